The molecule has 0 spiro atoms. The highest BCUT2D eigenvalue weighted by Gasteiger charge is 2.11. The summed E-state index contributed by atoms with van der Waals surface area (Å²) < 4.78 is 1.17. The summed E-state index contributed by atoms with van der Waals surface area (Å²) in [6, 6.07) is 4.34. The molecular weight excluding hydrogens is 259 g/mol. The summed E-state index contributed by atoms with van der Waals surface area (Å²) in [5.41, 5.74) is 3.80. The minimum Gasteiger partial charge on any atom is -0.118 e. The van der Waals surface area contributed by atoms with Crippen molar-refractivity contribution in [2.45, 2.75) is 39.0 Å². The van der Waals surface area contributed by atoms with Crippen LogP contribution in [0.4, 0.5) is 0 Å². The van der Waals surface area contributed by atoms with Crippen LogP contribution < -0.4 is 0 Å². The Labute approximate surface area is 99.8 Å². The zero-order valence-corrected chi connectivity index (χ0v) is 11.2. The molecule has 78 valence electrons. The number of benzene rings is 1. The molecule has 0 heterocycles. The van der Waals surface area contributed by atoms with Gasteiger partial charge in [-0.15, -0.1) is 11.6 Å². The number of hydrogen-bond donors (Lipinski definition) is 0. The van der Waals surface area contributed by atoms with E-state index in [1.54, 1.807) is 0 Å². The molecule has 0 radical (unpaired) electrons. The fraction of sp³-hybridized carbons (Fsp3) is 0.500. The van der Waals surface area contributed by atoms with Crippen molar-refractivity contribution in [3.8, 4) is 0 Å². The zero-order chi connectivity index (χ0) is 10.7. The van der Waals surface area contributed by atoms with Crippen molar-refractivity contribution >= 4 is 27.5 Å². The van der Waals surface area contributed by atoms with E-state index in [2.05, 4.69) is 48.8 Å². The van der Waals surface area contributed by atoms with Gasteiger partial charge in [0.25, 0.3) is 0 Å². The predicted molar refractivity (Wildman–Crippen MR) is 67.1 cm³/mol. The first-order chi connectivity index (χ1) is 6.56. The normalized spacial score (nSPS) is 12.9. The van der Waals surface area contributed by atoms with Gasteiger partial charge in [-0.25, -0.2) is 0 Å². The first-order valence-electron chi connectivity index (χ1n) is 4.97. The van der Waals surface area contributed by atoms with Gasteiger partial charge in [0.2, 0.25) is 0 Å². The van der Waals surface area contributed by atoms with Crippen LogP contribution in [0.3, 0.4) is 0 Å². The van der Waals surface area contributed by atoms with Crippen LogP contribution in [0.25, 0.3) is 0 Å². The summed E-state index contributed by atoms with van der Waals surface area (Å²) in [6.07, 6.45) is 2.17. The molecule has 0 aliphatic carbocycles. The summed E-state index contributed by atoms with van der Waals surface area (Å²) in [5, 5.41) is 0.159. The molecular formula is C12H16BrCl. The maximum Gasteiger partial charge on any atom is 0.0587 e. The molecule has 1 aromatic rings. The molecule has 1 atom stereocenters. The highest BCUT2D eigenvalue weighted by atomic mass is 79.9. The number of alkyl halides is 1. The van der Waals surface area contributed by atoms with Gasteiger partial charge in [-0.05, 0) is 43.0 Å². The Morgan fingerprint density at radius 1 is 1.29 bits per heavy atom. The second-order valence-electron chi connectivity index (χ2n) is 3.71. The van der Waals surface area contributed by atoms with Crippen LogP contribution in [0.1, 0.15) is 41.8 Å². The summed E-state index contributed by atoms with van der Waals surface area (Å²) in [6.45, 7) is 6.38. The Kier molecular flexibility index (Phi) is 4.46. The molecule has 0 saturated heterocycles. The van der Waals surface area contributed by atoms with Crippen molar-refractivity contribution in [1.82, 2.24) is 0 Å². The second kappa shape index (κ2) is 5.18. The molecule has 1 unspecified atom stereocenters. The minimum absolute atomic E-state index is 0.159. The largest absolute Gasteiger partial charge is 0.118 e. The SMILES string of the molecule is CCCC(Cl)c1cc(C)c(Br)cc1C. The van der Waals surface area contributed by atoms with Crippen LogP contribution in [-0.4, -0.2) is 0 Å². The summed E-state index contributed by atoms with van der Waals surface area (Å²) in [5.74, 6) is 0. The second-order valence-corrected chi connectivity index (χ2v) is 5.10. The summed E-state index contributed by atoms with van der Waals surface area (Å²) in [4.78, 5) is 0. The van der Waals surface area contributed by atoms with E-state index >= 15 is 0 Å². The molecule has 0 saturated carbocycles. The quantitative estimate of drug-likeness (QED) is 0.670. The lowest BCUT2D eigenvalue weighted by atomic mass is 10.0. The Balaban J connectivity index is 3.02. The molecule has 0 N–H and O–H groups in total. The van der Waals surface area contributed by atoms with Gasteiger partial charge in [-0.1, -0.05) is 35.3 Å². The molecule has 0 nitrogen and oxygen atoms in total. The Bertz CT molecular complexity index is 320. The predicted octanol–water partition coefficient (Wildman–Crippen LogP) is 5.15. The van der Waals surface area contributed by atoms with Crippen molar-refractivity contribution in [1.29, 1.82) is 0 Å². The van der Waals surface area contributed by atoms with E-state index in [4.69, 9.17) is 11.6 Å². The smallest absolute Gasteiger partial charge is 0.0587 e. The summed E-state index contributed by atoms with van der Waals surface area (Å²) >= 11 is 9.85. The van der Waals surface area contributed by atoms with Crippen molar-refractivity contribution in [3.05, 3.63) is 33.3 Å². The fourth-order valence-electron chi connectivity index (χ4n) is 1.55. The lowest BCUT2D eigenvalue weighted by Crippen LogP contribution is -1.95. The standard InChI is InChI=1S/C12H16BrCl/c1-4-5-12(14)10-6-9(3)11(13)7-8(10)2/h6-7,12H,4-5H2,1-3H3. The number of halogens is 2. The van der Waals surface area contributed by atoms with Crippen LogP contribution in [0.15, 0.2) is 16.6 Å². The van der Waals surface area contributed by atoms with Gasteiger partial charge in [0.1, 0.15) is 0 Å². The van der Waals surface area contributed by atoms with Gasteiger partial charge >= 0.3 is 0 Å². The molecule has 14 heavy (non-hydrogen) atoms. The van der Waals surface area contributed by atoms with Crippen LogP contribution >= 0.6 is 27.5 Å². The number of aryl methyl sites for hydroxylation is 2. The summed E-state index contributed by atoms with van der Waals surface area (Å²) in [7, 11) is 0. The molecule has 0 bridgehead atoms. The topological polar surface area (TPSA) is 0 Å². The number of rotatable bonds is 3. The van der Waals surface area contributed by atoms with Crippen molar-refractivity contribution in [3.63, 3.8) is 0 Å². The Morgan fingerprint density at radius 2 is 1.93 bits per heavy atom. The van der Waals surface area contributed by atoms with Crippen LogP contribution in [0.2, 0.25) is 0 Å². The van der Waals surface area contributed by atoms with Gasteiger partial charge in [0.15, 0.2) is 0 Å². The maximum absolute atomic E-state index is 6.32. The molecule has 2 heteroatoms. The minimum atomic E-state index is 0.159. The number of hydrogen-bond acceptors (Lipinski definition) is 0. The molecule has 0 fully saturated rings. The van der Waals surface area contributed by atoms with Gasteiger partial charge in [0.05, 0.1) is 5.38 Å². The van der Waals surface area contributed by atoms with Gasteiger partial charge < -0.3 is 0 Å². The average Bonchev–Trinajstić information content (AvgIpc) is 2.11. The van der Waals surface area contributed by atoms with Crippen molar-refractivity contribution < 1.29 is 0 Å². The Morgan fingerprint density at radius 3 is 2.50 bits per heavy atom. The third-order valence-electron chi connectivity index (χ3n) is 2.43. The molecule has 0 aliphatic rings. The van der Waals surface area contributed by atoms with Crippen LogP contribution in [0.5, 0.6) is 0 Å². The van der Waals surface area contributed by atoms with Gasteiger partial charge in [0, 0.05) is 4.47 Å². The van der Waals surface area contributed by atoms with Gasteiger partial charge in [-0.2, -0.15) is 0 Å². The first kappa shape index (κ1) is 12.1. The fourth-order valence-corrected chi connectivity index (χ4v) is 2.46. The molecule has 1 aromatic carbocycles. The maximum atomic E-state index is 6.32. The van der Waals surface area contributed by atoms with Crippen LogP contribution in [-0.2, 0) is 0 Å². The third-order valence-corrected chi connectivity index (χ3v) is 3.73. The molecule has 0 aliphatic heterocycles. The lowest BCUT2D eigenvalue weighted by Gasteiger charge is -2.13. The lowest BCUT2D eigenvalue weighted by molar-refractivity contribution is 0.765. The average molecular weight is 276 g/mol. The van der Waals surface area contributed by atoms with E-state index in [1.165, 1.54) is 21.2 Å². The third kappa shape index (κ3) is 2.74. The highest BCUT2D eigenvalue weighted by Crippen LogP contribution is 2.31. The monoisotopic (exact) mass is 274 g/mol. The molecule has 0 amide bonds. The highest BCUT2D eigenvalue weighted by molar-refractivity contribution is 9.10. The molecule has 1 rings (SSSR count). The van der Waals surface area contributed by atoms with E-state index in [9.17, 15) is 0 Å². The molecule has 0 aromatic heterocycles. The van der Waals surface area contributed by atoms with E-state index in [1.807, 2.05) is 0 Å². The van der Waals surface area contributed by atoms with E-state index < -0.39 is 0 Å². The first-order valence-corrected chi connectivity index (χ1v) is 6.20. The Hall–Kier alpha value is -0.0100. The van der Waals surface area contributed by atoms with E-state index in [0.717, 1.165) is 12.8 Å². The van der Waals surface area contributed by atoms with E-state index in [0.29, 0.717) is 0 Å². The zero-order valence-electron chi connectivity index (χ0n) is 8.90. The van der Waals surface area contributed by atoms with Crippen molar-refractivity contribution in [2.75, 3.05) is 0 Å². The van der Waals surface area contributed by atoms with Crippen LogP contribution in [0, 0.1) is 13.8 Å². The van der Waals surface area contributed by atoms with E-state index in [-0.39, 0.29) is 5.38 Å². The van der Waals surface area contributed by atoms with Gasteiger partial charge in [-0.3, -0.25) is 0 Å². The van der Waals surface area contributed by atoms with Crippen molar-refractivity contribution in [2.24, 2.45) is 0 Å².